The molecule has 3 nitrogen and oxygen atoms in total. The number of anilines is 1. The lowest BCUT2D eigenvalue weighted by atomic mass is 9.99. The van der Waals surface area contributed by atoms with Crippen molar-refractivity contribution in [2.45, 2.75) is 26.7 Å². The number of nitrogens with zero attached hydrogens (tertiary/aromatic N) is 1. The van der Waals surface area contributed by atoms with E-state index in [0.717, 1.165) is 12.2 Å². The van der Waals surface area contributed by atoms with Gasteiger partial charge in [-0.15, -0.1) is 0 Å². The van der Waals surface area contributed by atoms with Gasteiger partial charge >= 0.3 is 0 Å². The first kappa shape index (κ1) is 12.0. The zero-order chi connectivity index (χ0) is 11.3. The summed E-state index contributed by atoms with van der Waals surface area (Å²) in [5, 5.41) is 3.32. The van der Waals surface area contributed by atoms with Gasteiger partial charge < -0.3 is 10.1 Å². The number of rotatable bonds is 5. The van der Waals surface area contributed by atoms with Crippen LogP contribution in [0, 0.1) is 6.92 Å². The number of pyridine rings is 1. The van der Waals surface area contributed by atoms with Gasteiger partial charge in [0.1, 0.15) is 0 Å². The molecule has 1 aromatic heterocycles. The average molecular weight is 208 g/mol. The van der Waals surface area contributed by atoms with Crippen LogP contribution in [0.15, 0.2) is 12.4 Å². The van der Waals surface area contributed by atoms with Crippen LogP contribution in [0.4, 0.5) is 5.69 Å². The minimum atomic E-state index is 0.515. The molecule has 0 aromatic carbocycles. The highest BCUT2D eigenvalue weighted by Crippen LogP contribution is 2.23. The molecule has 0 aliphatic carbocycles. The van der Waals surface area contributed by atoms with Crippen LogP contribution < -0.4 is 5.32 Å². The van der Waals surface area contributed by atoms with E-state index in [1.54, 1.807) is 7.11 Å². The predicted octanol–water partition coefficient (Wildman–Crippen LogP) is 2.57. The fraction of sp³-hybridized carbons (Fsp3) is 0.583. The fourth-order valence-corrected chi connectivity index (χ4v) is 1.59. The second-order valence-corrected chi connectivity index (χ2v) is 3.98. The number of aromatic nitrogens is 1. The van der Waals surface area contributed by atoms with Gasteiger partial charge in [-0.1, -0.05) is 13.8 Å². The van der Waals surface area contributed by atoms with E-state index < -0.39 is 0 Å². The van der Waals surface area contributed by atoms with E-state index in [0.29, 0.717) is 12.5 Å². The van der Waals surface area contributed by atoms with Gasteiger partial charge in [0.15, 0.2) is 0 Å². The smallest absolute Gasteiger partial charge is 0.0635 e. The number of methoxy groups -OCH3 is 1. The summed E-state index contributed by atoms with van der Waals surface area (Å²) in [5.74, 6) is 0.515. The van der Waals surface area contributed by atoms with Crippen molar-refractivity contribution in [3.63, 3.8) is 0 Å². The van der Waals surface area contributed by atoms with Crippen LogP contribution in [-0.2, 0) is 4.74 Å². The first-order valence-electron chi connectivity index (χ1n) is 5.34. The molecule has 1 aromatic rings. The molecule has 1 N–H and O–H groups in total. The van der Waals surface area contributed by atoms with E-state index in [4.69, 9.17) is 4.74 Å². The Balaban J connectivity index is 2.75. The van der Waals surface area contributed by atoms with Gasteiger partial charge in [0.25, 0.3) is 0 Å². The van der Waals surface area contributed by atoms with E-state index in [9.17, 15) is 0 Å². The lowest BCUT2D eigenvalue weighted by Gasteiger charge is -2.14. The molecule has 0 saturated heterocycles. The molecule has 0 amide bonds. The Labute approximate surface area is 91.9 Å². The number of hydrogen-bond donors (Lipinski definition) is 1. The van der Waals surface area contributed by atoms with Crippen molar-refractivity contribution < 1.29 is 4.74 Å². The van der Waals surface area contributed by atoms with Crippen molar-refractivity contribution in [2.24, 2.45) is 0 Å². The van der Waals surface area contributed by atoms with Crippen molar-refractivity contribution in [3.8, 4) is 0 Å². The van der Waals surface area contributed by atoms with Gasteiger partial charge in [0, 0.05) is 19.9 Å². The van der Waals surface area contributed by atoms with Crippen molar-refractivity contribution >= 4 is 5.69 Å². The number of hydrogen-bond acceptors (Lipinski definition) is 3. The Hall–Kier alpha value is -1.09. The summed E-state index contributed by atoms with van der Waals surface area (Å²) in [6, 6.07) is 0. The molecule has 3 heteroatoms. The maximum absolute atomic E-state index is 5.00. The lowest BCUT2D eigenvalue weighted by Crippen LogP contribution is -2.10. The van der Waals surface area contributed by atoms with Crippen LogP contribution in [0.1, 0.15) is 30.9 Å². The molecule has 0 atom stereocenters. The topological polar surface area (TPSA) is 34.1 Å². The van der Waals surface area contributed by atoms with Gasteiger partial charge in [-0.25, -0.2) is 0 Å². The van der Waals surface area contributed by atoms with Gasteiger partial charge in [-0.2, -0.15) is 0 Å². The second kappa shape index (κ2) is 5.71. The molecule has 84 valence electrons. The van der Waals surface area contributed by atoms with Crippen molar-refractivity contribution in [1.82, 2.24) is 4.98 Å². The van der Waals surface area contributed by atoms with E-state index in [1.807, 2.05) is 12.4 Å². The molecule has 1 heterocycles. The standard InChI is InChI=1S/C12H20N2O/c1-9(2)11-7-13-8-12(10(11)3)14-5-6-15-4/h7-9,14H,5-6H2,1-4H3. The zero-order valence-electron chi connectivity index (χ0n) is 10.0. The highest BCUT2D eigenvalue weighted by molar-refractivity contribution is 5.52. The minimum absolute atomic E-state index is 0.515. The summed E-state index contributed by atoms with van der Waals surface area (Å²) < 4.78 is 5.00. The highest BCUT2D eigenvalue weighted by atomic mass is 16.5. The summed E-state index contributed by atoms with van der Waals surface area (Å²) >= 11 is 0. The third kappa shape index (κ3) is 3.20. The van der Waals surface area contributed by atoms with E-state index in [2.05, 4.69) is 31.1 Å². The van der Waals surface area contributed by atoms with E-state index in [-0.39, 0.29) is 0 Å². The zero-order valence-corrected chi connectivity index (χ0v) is 10.0. The summed E-state index contributed by atoms with van der Waals surface area (Å²) in [6.07, 6.45) is 3.82. The molecule has 0 radical (unpaired) electrons. The van der Waals surface area contributed by atoms with Crippen molar-refractivity contribution in [1.29, 1.82) is 0 Å². The summed E-state index contributed by atoms with van der Waals surface area (Å²) in [6.45, 7) is 8.03. The quantitative estimate of drug-likeness (QED) is 0.755. The molecule has 0 fully saturated rings. The maximum Gasteiger partial charge on any atom is 0.0635 e. The molecule has 0 unspecified atom stereocenters. The first-order valence-corrected chi connectivity index (χ1v) is 5.34. The van der Waals surface area contributed by atoms with Gasteiger partial charge in [0.2, 0.25) is 0 Å². The summed E-state index contributed by atoms with van der Waals surface area (Å²) in [4.78, 5) is 4.24. The third-order valence-corrected chi connectivity index (χ3v) is 2.50. The van der Waals surface area contributed by atoms with Crippen molar-refractivity contribution in [2.75, 3.05) is 25.6 Å². The monoisotopic (exact) mass is 208 g/mol. The molecular formula is C12H20N2O. The minimum Gasteiger partial charge on any atom is -0.383 e. The SMILES string of the molecule is COCCNc1cncc(C(C)C)c1C. The number of nitrogens with one attached hydrogen (secondary N) is 1. The summed E-state index contributed by atoms with van der Waals surface area (Å²) in [5.41, 5.74) is 3.70. The molecule has 0 aliphatic heterocycles. The predicted molar refractivity (Wildman–Crippen MR) is 63.4 cm³/mol. The Morgan fingerprint density at radius 1 is 1.40 bits per heavy atom. The van der Waals surface area contributed by atoms with Crippen LogP contribution in [0.25, 0.3) is 0 Å². The Kier molecular flexibility index (Phi) is 4.56. The van der Waals surface area contributed by atoms with Gasteiger partial charge in [-0.3, -0.25) is 4.98 Å². The van der Waals surface area contributed by atoms with Crippen LogP contribution in [-0.4, -0.2) is 25.2 Å². The van der Waals surface area contributed by atoms with Crippen molar-refractivity contribution in [3.05, 3.63) is 23.5 Å². The largest absolute Gasteiger partial charge is 0.383 e. The summed E-state index contributed by atoms with van der Waals surface area (Å²) in [7, 11) is 1.71. The third-order valence-electron chi connectivity index (χ3n) is 2.50. The molecule has 0 bridgehead atoms. The Bertz CT molecular complexity index is 310. The molecular weight excluding hydrogens is 188 g/mol. The second-order valence-electron chi connectivity index (χ2n) is 3.98. The van der Waals surface area contributed by atoms with E-state index >= 15 is 0 Å². The van der Waals surface area contributed by atoms with Crippen LogP contribution in [0.5, 0.6) is 0 Å². The highest BCUT2D eigenvalue weighted by Gasteiger charge is 2.07. The fourth-order valence-electron chi connectivity index (χ4n) is 1.59. The number of ether oxygens (including phenoxy) is 1. The molecule has 0 saturated carbocycles. The molecule has 15 heavy (non-hydrogen) atoms. The average Bonchev–Trinajstić information content (AvgIpc) is 2.20. The Morgan fingerprint density at radius 3 is 2.73 bits per heavy atom. The molecule has 1 rings (SSSR count). The van der Waals surface area contributed by atoms with Gasteiger partial charge in [0.05, 0.1) is 18.5 Å². The van der Waals surface area contributed by atoms with Crippen LogP contribution in [0.2, 0.25) is 0 Å². The normalized spacial score (nSPS) is 10.7. The first-order chi connectivity index (χ1) is 7.16. The Morgan fingerprint density at radius 2 is 2.13 bits per heavy atom. The lowest BCUT2D eigenvalue weighted by molar-refractivity contribution is 0.211. The molecule has 0 spiro atoms. The van der Waals surface area contributed by atoms with Crippen LogP contribution >= 0.6 is 0 Å². The molecule has 0 aliphatic rings. The van der Waals surface area contributed by atoms with Gasteiger partial charge in [-0.05, 0) is 24.0 Å². The maximum atomic E-state index is 5.00. The van der Waals surface area contributed by atoms with E-state index in [1.165, 1.54) is 11.1 Å². The van der Waals surface area contributed by atoms with Crippen LogP contribution in [0.3, 0.4) is 0 Å².